The average Bonchev–Trinajstić information content (AvgIpc) is 2.76. The molecule has 0 atom stereocenters. The number of rotatable bonds is 4. The van der Waals surface area contributed by atoms with Gasteiger partial charge in [-0.15, -0.1) is 5.10 Å². The minimum Gasteiger partial charge on any atom is -0.478 e. The summed E-state index contributed by atoms with van der Waals surface area (Å²) in [5.74, 6) is -0.974. The van der Waals surface area contributed by atoms with Crippen LogP contribution in [0.4, 0.5) is 0 Å². The van der Waals surface area contributed by atoms with Crippen LogP contribution in [-0.2, 0) is 4.74 Å². The topological polar surface area (TPSA) is 77.2 Å². The third-order valence-corrected chi connectivity index (χ3v) is 3.55. The predicted molar refractivity (Wildman–Crippen MR) is 68.2 cm³/mol. The third kappa shape index (κ3) is 1.98. The second-order valence-corrected chi connectivity index (χ2v) is 4.72. The Labute approximate surface area is 110 Å². The number of benzene rings is 1. The summed E-state index contributed by atoms with van der Waals surface area (Å²) in [6.07, 6.45) is 2.10. The SMILES string of the molecule is CCOC1CC(n2nnc3c(C(=O)O)cccc32)C1. The van der Waals surface area contributed by atoms with Gasteiger partial charge in [0.15, 0.2) is 0 Å². The number of hydrogen-bond donors (Lipinski definition) is 1. The molecule has 1 N–H and O–H groups in total. The van der Waals surface area contributed by atoms with E-state index in [9.17, 15) is 4.79 Å². The number of carbonyl (C=O) groups is 1. The summed E-state index contributed by atoms with van der Waals surface area (Å²) >= 11 is 0. The maximum Gasteiger partial charge on any atom is 0.338 e. The van der Waals surface area contributed by atoms with E-state index in [2.05, 4.69) is 10.3 Å². The zero-order chi connectivity index (χ0) is 13.4. The molecule has 0 radical (unpaired) electrons. The Bertz CT molecular complexity index is 617. The number of aromatic nitrogens is 3. The quantitative estimate of drug-likeness (QED) is 0.909. The first-order valence-corrected chi connectivity index (χ1v) is 6.39. The first-order valence-electron chi connectivity index (χ1n) is 6.39. The summed E-state index contributed by atoms with van der Waals surface area (Å²) in [4.78, 5) is 11.1. The molecule has 3 rings (SSSR count). The number of nitrogens with zero attached hydrogens (tertiary/aromatic N) is 3. The summed E-state index contributed by atoms with van der Waals surface area (Å²) in [5, 5.41) is 17.2. The van der Waals surface area contributed by atoms with Crippen molar-refractivity contribution in [2.45, 2.75) is 31.9 Å². The van der Waals surface area contributed by atoms with Gasteiger partial charge < -0.3 is 9.84 Å². The molecule has 0 bridgehead atoms. The van der Waals surface area contributed by atoms with Crippen LogP contribution in [-0.4, -0.2) is 38.8 Å². The molecule has 100 valence electrons. The van der Waals surface area contributed by atoms with Crippen molar-refractivity contribution in [3.63, 3.8) is 0 Å². The Morgan fingerprint density at radius 1 is 1.53 bits per heavy atom. The highest BCUT2D eigenvalue weighted by atomic mass is 16.5. The summed E-state index contributed by atoms with van der Waals surface area (Å²) in [6.45, 7) is 2.70. The number of aromatic carboxylic acids is 1. The van der Waals surface area contributed by atoms with Gasteiger partial charge in [-0.3, -0.25) is 0 Å². The van der Waals surface area contributed by atoms with Crippen molar-refractivity contribution in [1.82, 2.24) is 15.0 Å². The number of carboxylic acids is 1. The van der Waals surface area contributed by atoms with E-state index in [0.717, 1.165) is 25.0 Å². The fourth-order valence-corrected chi connectivity index (χ4v) is 2.51. The van der Waals surface area contributed by atoms with Crippen molar-refractivity contribution in [1.29, 1.82) is 0 Å². The van der Waals surface area contributed by atoms with E-state index in [-0.39, 0.29) is 17.7 Å². The van der Waals surface area contributed by atoms with Gasteiger partial charge in [0, 0.05) is 6.61 Å². The second-order valence-electron chi connectivity index (χ2n) is 4.72. The molecule has 1 heterocycles. The fourth-order valence-electron chi connectivity index (χ4n) is 2.51. The lowest BCUT2D eigenvalue weighted by atomic mass is 9.89. The third-order valence-electron chi connectivity index (χ3n) is 3.55. The first-order chi connectivity index (χ1) is 9.20. The predicted octanol–water partition coefficient (Wildman–Crippen LogP) is 1.87. The van der Waals surface area contributed by atoms with Crippen LogP contribution in [0.25, 0.3) is 11.0 Å². The normalized spacial score (nSPS) is 22.4. The second kappa shape index (κ2) is 4.62. The largest absolute Gasteiger partial charge is 0.478 e. The zero-order valence-electron chi connectivity index (χ0n) is 10.6. The first kappa shape index (κ1) is 12.1. The van der Waals surface area contributed by atoms with E-state index < -0.39 is 5.97 Å². The van der Waals surface area contributed by atoms with Gasteiger partial charge in [-0.2, -0.15) is 0 Å². The molecule has 0 unspecified atom stereocenters. The maximum atomic E-state index is 11.1. The van der Waals surface area contributed by atoms with E-state index in [1.807, 2.05) is 17.7 Å². The van der Waals surface area contributed by atoms with E-state index in [1.54, 1.807) is 12.1 Å². The molecule has 1 aromatic carbocycles. The molecule has 2 aromatic rings. The van der Waals surface area contributed by atoms with Crippen LogP contribution in [0.3, 0.4) is 0 Å². The van der Waals surface area contributed by atoms with Crippen LogP contribution in [0.1, 0.15) is 36.2 Å². The minimum absolute atomic E-state index is 0.199. The number of hydrogen-bond acceptors (Lipinski definition) is 4. The highest BCUT2D eigenvalue weighted by Crippen LogP contribution is 2.35. The van der Waals surface area contributed by atoms with Gasteiger partial charge in [-0.25, -0.2) is 9.48 Å². The number of fused-ring (bicyclic) bond motifs is 1. The minimum atomic E-state index is -0.974. The van der Waals surface area contributed by atoms with Crippen molar-refractivity contribution in [3.8, 4) is 0 Å². The van der Waals surface area contributed by atoms with Gasteiger partial charge in [-0.05, 0) is 31.9 Å². The van der Waals surface area contributed by atoms with Gasteiger partial charge in [-0.1, -0.05) is 11.3 Å². The number of ether oxygens (including phenoxy) is 1. The smallest absolute Gasteiger partial charge is 0.338 e. The highest BCUT2D eigenvalue weighted by Gasteiger charge is 2.33. The molecule has 1 saturated carbocycles. The summed E-state index contributed by atoms with van der Waals surface area (Å²) < 4.78 is 7.34. The summed E-state index contributed by atoms with van der Waals surface area (Å²) in [6, 6.07) is 5.39. The maximum absolute atomic E-state index is 11.1. The Morgan fingerprint density at radius 2 is 2.32 bits per heavy atom. The lowest BCUT2D eigenvalue weighted by Gasteiger charge is -2.34. The molecule has 19 heavy (non-hydrogen) atoms. The molecular weight excluding hydrogens is 246 g/mol. The Hall–Kier alpha value is -1.95. The van der Waals surface area contributed by atoms with E-state index >= 15 is 0 Å². The molecule has 1 aliphatic rings. The van der Waals surface area contributed by atoms with Crippen LogP contribution >= 0.6 is 0 Å². The summed E-state index contributed by atoms with van der Waals surface area (Å²) in [5.41, 5.74) is 1.43. The van der Waals surface area contributed by atoms with E-state index in [0.29, 0.717) is 5.52 Å². The highest BCUT2D eigenvalue weighted by molar-refractivity contribution is 6.00. The Kier molecular flexibility index (Phi) is 2.94. The van der Waals surface area contributed by atoms with E-state index in [1.165, 1.54) is 0 Å². The zero-order valence-corrected chi connectivity index (χ0v) is 10.6. The van der Waals surface area contributed by atoms with Gasteiger partial charge in [0.05, 0.1) is 23.2 Å². The van der Waals surface area contributed by atoms with Crippen molar-refractivity contribution >= 4 is 17.0 Å². The number of carboxylic acid groups (broad SMARTS) is 1. The molecule has 0 aliphatic heterocycles. The van der Waals surface area contributed by atoms with Crippen LogP contribution in [0.5, 0.6) is 0 Å². The lowest BCUT2D eigenvalue weighted by molar-refractivity contribution is -0.0220. The van der Waals surface area contributed by atoms with Crippen LogP contribution < -0.4 is 0 Å². The average molecular weight is 261 g/mol. The molecular formula is C13H15N3O3. The van der Waals surface area contributed by atoms with Crippen LogP contribution in [0, 0.1) is 0 Å². The molecule has 6 heteroatoms. The molecule has 6 nitrogen and oxygen atoms in total. The summed E-state index contributed by atoms with van der Waals surface area (Å²) in [7, 11) is 0. The van der Waals surface area contributed by atoms with Crippen LogP contribution in [0.15, 0.2) is 18.2 Å². The van der Waals surface area contributed by atoms with Crippen LogP contribution in [0.2, 0.25) is 0 Å². The standard InChI is InChI=1S/C13H15N3O3/c1-2-19-9-6-8(7-9)16-11-5-3-4-10(13(17)18)12(11)14-15-16/h3-5,8-9H,2,6-7H2,1H3,(H,17,18). The molecule has 1 aliphatic carbocycles. The van der Waals surface area contributed by atoms with Gasteiger partial charge in [0.25, 0.3) is 0 Å². The van der Waals surface area contributed by atoms with Gasteiger partial charge in [0.2, 0.25) is 0 Å². The van der Waals surface area contributed by atoms with Crippen molar-refractivity contribution in [2.75, 3.05) is 6.61 Å². The van der Waals surface area contributed by atoms with Gasteiger partial charge >= 0.3 is 5.97 Å². The molecule has 0 spiro atoms. The Balaban J connectivity index is 1.90. The monoisotopic (exact) mass is 261 g/mol. The van der Waals surface area contributed by atoms with Crippen molar-refractivity contribution in [3.05, 3.63) is 23.8 Å². The van der Waals surface area contributed by atoms with E-state index in [4.69, 9.17) is 9.84 Å². The lowest BCUT2D eigenvalue weighted by Crippen LogP contribution is -2.33. The Morgan fingerprint density at radius 3 is 3.00 bits per heavy atom. The molecule has 0 amide bonds. The van der Waals surface area contributed by atoms with Crippen molar-refractivity contribution < 1.29 is 14.6 Å². The molecule has 0 saturated heterocycles. The molecule has 1 aromatic heterocycles. The van der Waals surface area contributed by atoms with Gasteiger partial charge in [0.1, 0.15) is 5.52 Å². The van der Waals surface area contributed by atoms with Crippen molar-refractivity contribution in [2.24, 2.45) is 0 Å². The molecule has 1 fully saturated rings. The fraction of sp³-hybridized carbons (Fsp3) is 0.462.